The van der Waals surface area contributed by atoms with Gasteiger partial charge in [0.2, 0.25) is 0 Å². The van der Waals surface area contributed by atoms with Crippen LogP contribution in [0.15, 0.2) is 48.5 Å². The maximum absolute atomic E-state index is 12.6. The van der Waals surface area contributed by atoms with E-state index in [1.54, 1.807) is 12.1 Å². The minimum Gasteiger partial charge on any atom is -0.508 e. The van der Waals surface area contributed by atoms with Gasteiger partial charge in [-0.1, -0.05) is 76.5 Å². The van der Waals surface area contributed by atoms with E-state index in [-0.39, 0.29) is 11.5 Å². The van der Waals surface area contributed by atoms with Crippen molar-refractivity contribution < 1.29 is 14.6 Å². The topological polar surface area (TPSA) is 46.5 Å². The van der Waals surface area contributed by atoms with Crippen LogP contribution in [-0.4, -0.2) is 10.9 Å². The summed E-state index contributed by atoms with van der Waals surface area (Å²) in [6.07, 6.45) is 11.5. The molecule has 0 aromatic heterocycles. The first kappa shape index (κ1) is 21.0. The Hall–Kier alpha value is -2.29. The second-order valence-electron chi connectivity index (χ2n) is 7.10. The van der Waals surface area contributed by atoms with Gasteiger partial charge in [0.05, 0.1) is 5.56 Å². The number of unbranched alkanes of at least 4 members (excludes halogenated alkanes) is 8. The Bertz CT molecular complexity index is 679. The van der Waals surface area contributed by atoms with E-state index < -0.39 is 0 Å². The number of rotatable bonds is 13. The average Bonchev–Trinajstić information content (AvgIpc) is 2.68. The van der Waals surface area contributed by atoms with Crippen LogP contribution in [0, 0.1) is 0 Å². The number of carbonyl (C=O) groups excluding carboxylic acids is 1. The lowest BCUT2D eigenvalue weighted by molar-refractivity contribution is 0.0976. The van der Waals surface area contributed by atoms with Gasteiger partial charge in [-0.3, -0.25) is 4.79 Å². The third-order valence-corrected chi connectivity index (χ3v) is 4.74. The third-order valence-electron chi connectivity index (χ3n) is 4.74. The van der Waals surface area contributed by atoms with E-state index in [1.165, 1.54) is 51.0 Å². The Labute approximate surface area is 163 Å². The van der Waals surface area contributed by atoms with Crippen LogP contribution in [0.25, 0.3) is 0 Å². The molecule has 146 valence electrons. The van der Waals surface area contributed by atoms with Gasteiger partial charge in [0.1, 0.15) is 17.2 Å². The number of carbonyl (C=O) groups is 1. The van der Waals surface area contributed by atoms with Crippen LogP contribution in [0.5, 0.6) is 17.2 Å². The summed E-state index contributed by atoms with van der Waals surface area (Å²) in [6.45, 7) is 2.24. The van der Waals surface area contributed by atoms with Gasteiger partial charge >= 0.3 is 0 Å². The highest BCUT2D eigenvalue weighted by molar-refractivity contribution is 5.99. The second kappa shape index (κ2) is 12.2. The molecule has 0 heterocycles. The maximum atomic E-state index is 12.6. The molecule has 2 aromatic rings. The van der Waals surface area contributed by atoms with E-state index in [4.69, 9.17) is 4.74 Å². The van der Waals surface area contributed by atoms with E-state index >= 15 is 0 Å². The van der Waals surface area contributed by atoms with Crippen molar-refractivity contribution in [3.05, 3.63) is 54.1 Å². The summed E-state index contributed by atoms with van der Waals surface area (Å²) < 4.78 is 5.85. The molecule has 2 rings (SSSR count). The molecule has 0 saturated heterocycles. The molecular formula is C24H32O3. The number of ketones is 1. The zero-order valence-electron chi connectivity index (χ0n) is 16.5. The number of Topliss-reactive ketones (excluding diaryl/α,β-unsaturated/α-hetero) is 1. The van der Waals surface area contributed by atoms with Crippen molar-refractivity contribution >= 4 is 5.78 Å². The van der Waals surface area contributed by atoms with Crippen molar-refractivity contribution in [2.45, 2.75) is 71.1 Å². The van der Waals surface area contributed by atoms with Crippen molar-refractivity contribution in [2.75, 3.05) is 0 Å². The van der Waals surface area contributed by atoms with Crippen LogP contribution < -0.4 is 4.74 Å². The molecule has 3 heteroatoms. The molecule has 0 aliphatic heterocycles. The second-order valence-corrected chi connectivity index (χ2v) is 7.10. The van der Waals surface area contributed by atoms with Gasteiger partial charge in [-0.15, -0.1) is 0 Å². The highest BCUT2D eigenvalue weighted by atomic mass is 16.5. The predicted molar refractivity (Wildman–Crippen MR) is 111 cm³/mol. The standard InChI is InChI=1S/C24H32O3/c1-2-3-4-5-6-7-8-9-13-16-23(26)22-19-20(25)17-18-24(22)27-21-14-11-10-12-15-21/h10-12,14-15,17-19,25H,2-9,13,16H2,1H3. The van der Waals surface area contributed by atoms with E-state index in [2.05, 4.69) is 6.92 Å². The number of para-hydroxylation sites is 1. The van der Waals surface area contributed by atoms with Crippen molar-refractivity contribution in [3.8, 4) is 17.2 Å². The zero-order valence-corrected chi connectivity index (χ0v) is 16.5. The van der Waals surface area contributed by atoms with Gasteiger partial charge in [-0.2, -0.15) is 0 Å². The summed E-state index contributed by atoms with van der Waals surface area (Å²) in [4.78, 5) is 12.6. The Balaban J connectivity index is 1.79. The molecule has 2 aromatic carbocycles. The van der Waals surface area contributed by atoms with Crippen LogP contribution in [-0.2, 0) is 0 Å². The van der Waals surface area contributed by atoms with Crippen molar-refractivity contribution in [2.24, 2.45) is 0 Å². The Morgan fingerprint density at radius 1 is 0.852 bits per heavy atom. The lowest BCUT2D eigenvalue weighted by Gasteiger charge is -2.11. The Kier molecular flexibility index (Phi) is 9.47. The molecule has 3 nitrogen and oxygen atoms in total. The minimum atomic E-state index is 0.0276. The Morgan fingerprint density at radius 3 is 2.15 bits per heavy atom. The number of hydrogen-bond donors (Lipinski definition) is 1. The molecule has 1 N–H and O–H groups in total. The summed E-state index contributed by atoms with van der Waals surface area (Å²) in [6, 6.07) is 14.1. The minimum absolute atomic E-state index is 0.0276. The number of benzene rings is 2. The zero-order chi connectivity index (χ0) is 19.3. The van der Waals surface area contributed by atoms with Gasteiger partial charge in [-0.25, -0.2) is 0 Å². The normalized spacial score (nSPS) is 10.7. The maximum Gasteiger partial charge on any atom is 0.166 e. The lowest BCUT2D eigenvalue weighted by atomic mass is 10.0. The lowest BCUT2D eigenvalue weighted by Crippen LogP contribution is -2.02. The summed E-state index contributed by atoms with van der Waals surface area (Å²) in [5, 5.41) is 9.77. The molecule has 0 fully saturated rings. The monoisotopic (exact) mass is 368 g/mol. The van der Waals surface area contributed by atoms with Gasteiger partial charge in [0.25, 0.3) is 0 Å². The average molecular weight is 369 g/mol. The first-order valence-corrected chi connectivity index (χ1v) is 10.3. The van der Waals surface area contributed by atoms with Crippen LogP contribution in [0.1, 0.15) is 81.5 Å². The van der Waals surface area contributed by atoms with Crippen LogP contribution >= 0.6 is 0 Å². The summed E-state index contributed by atoms with van der Waals surface area (Å²) in [7, 11) is 0. The van der Waals surface area contributed by atoms with E-state index in [9.17, 15) is 9.90 Å². The fraction of sp³-hybridized carbons (Fsp3) is 0.458. The molecule has 0 atom stereocenters. The van der Waals surface area contributed by atoms with Crippen molar-refractivity contribution in [1.29, 1.82) is 0 Å². The molecule has 27 heavy (non-hydrogen) atoms. The van der Waals surface area contributed by atoms with Gasteiger partial charge in [0.15, 0.2) is 5.78 Å². The first-order valence-electron chi connectivity index (χ1n) is 10.3. The fourth-order valence-corrected chi connectivity index (χ4v) is 3.17. The molecule has 0 spiro atoms. The number of phenolic OH excluding ortho intramolecular Hbond substituents is 1. The molecule has 0 aliphatic carbocycles. The number of ether oxygens (including phenoxy) is 1. The van der Waals surface area contributed by atoms with Crippen molar-refractivity contribution in [3.63, 3.8) is 0 Å². The molecule has 0 radical (unpaired) electrons. The molecule has 0 unspecified atom stereocenters. The van der Waals surface area contributed by atoms with Gasteiger partial charge < -0.3 is 9.84 Å². The summed E-state index contributed by atoms with van der Waals surface area (Å²) >= 11 is 0. The summed E-state index contributed by atoms with van der Waals surface area (Å²) in [5.74, 6) is 1.30. The van der Waals surface area contributed by atoms with Crippen molar-refractivity contribution in [1.82, 2.24) is 0 Å². The smallest absolute Gasteiger partial charge is 0.166 e. The highest BCUT2D eigenvalue weighted by Crippen LogP contribution is 2.29. The summed E-state index contributed by atoms with van der Waals surface area (Å²) in [5.41, 5.74) is 0.457. The van der Waals surface area contributed by atoms with E-state index in [0.29, 0.717) is 23.5 Å². The number of phenols is 1. The van der Waals surface area contributed by atoms with Crippen LogP contribution in [0.2, 0.25) is 0 Å². The molecule has 0 amide bonds. The van der Waals surface area contributed by atoms with Gasteiger partial charge in [-0.05, 0) is 36.8 Å². The highest BCUT2D eigenvalue weighted by Gasteiger charge is 2.14. The molecule has 0 bridgehead atoms. The predicted octanol–water partition coefficient (Wildman–Crippen LogP) is 7.29. The van der Waals surface area contributed by atoms with Crippen LogP contribution in [0.3, 0.4) is 0 Å². The first-order chi connectivity index (χ1) is 13.2. The van der Waals surface area contributed by atoms with E-state index in [1.807, 2.05) is 30.3 Å². The quantitative estimate of drug-likeness (QED) is 0.298. The third kappa shape index (κ3) is 7.86. The van der Waals surface area contributed by atoms with Gasteiger partial charge in [0, 0.05) is 6.42 Å². The number of aromatic hydroxyl groups is 1. The molecule has 0 saturated carbocycles. The molecule has 0 aliphatic rings. The van der Waals surface area contributed by atoms with E-state index in [0.717, 1.165) is 12.8 Å². The largest absolute Gasteiger partial charge is 0.508 e. The molecular weight excluding hydrogens is 336 g/mol. The fourth-order valence-electron chi connectivity index (χ4n) is 3.17. The SMILES string of the molecule is CCCCCCCCCCCC(=O)c1cc(O)ccc1Oc1ccccc1. The van der Waals surface area contributed by atoms with Crippen LogP contribution in [0.4, 0.5) is 0 Å². The Morgan fingerprint density at radius 2 is 1.48 bits per heavy atom. The number of hydrogen-bond acceptors (Lipinski definition) is 3.